The van der Waals surface area contributed by atoms with Gasteiger partial charge in [0.05, 0.1) is 40.0 Å². The molecule has 0 spiro atoms. The maximum absolute atomic E-state index is 13.8. The fourth-order valence-electron chi connectivity index (χ4n) is 43.0. The van der Waals surface area contributed by atoms with Crippen LogP contribution in [-0.4, -0.2) is 123 Å². The van der Waals surface area contributed by atoms with E-state index in [9.17, 15) is 57.9 Å². The molecule has 3 heterocycles. The summed E-state index contributed by atoms with van der Waals surface area (Å²) in [4.78, 5) is 53.9. The van der Waals surface area contributed by atoms with Gasteiger partial charge in [0.2, 0.25) is 0 Å². The van der Waals surface area contributed by atoms with Crippen LogP contribution < -0.4 is 0 Å². The van der Waals surface area contributed by atoms with Crippen molar-refractivity contribution in [3.8, 4) is 0 Å². The Morgan fingerprint density at radius 3 is 1.10 bits per heavy atom. The van der Waals surface area contributed by atoms with Crippen molar-refractivity contribution in [1.82, 2.24) is 45.0 Å². The van der Waals surface area contributed by atoms with E-state index in [2.05, 4.69) is 100 Å². The lowest BCUT2D eigenvalue weighted by molar-refractivity contribution is -0.134. The number of hydrogen-bond acceptors (Lipinski definition) is 15. The van der Waals surface area contributed by atoms with Crippen LogP contribution in [-0.2, 0) is 38.8 Å². The highest BCUT2D eigenvalue weighted by Gasteiger charge is 2.66. The topological polar surface area (TPSA) is 262 Å². The van der Waals surface area contributed by atoms with E-state index in [4.69, 9.17) is 0 Å². The summed E-state index contributed by atoms with van der Waals surface area (Å²) in [5.41, 5.74) is 3.92. The van der Waals surface area contributed by atoms with E-state index in [0.29, 0.717) is 103 Å². The molecule has 0 bridgehead atoms. The van der Waals surface area contributed by atoms with Crippen LogP contribution in [0.25, 0.3) is 33.1 Å². The van der Waals surface area contributed by atoms with Crippen LogP contribution >= 0.6 is 0 Å². The lowest BCUT2D eigenvalue weighted by Crippen LogP contribution is -2.51. The normalized spacial score (nSPS) is 45.1. The molecule has 20 aliphatic rings. The maximum Gasteiger partial charge on any atom is 0.159 e. The van der Waals surface area contributed by atoms with Crippen molar-refractivity contribution in [2.75, 3.05) is 0 Å². The molecular weight excluding hydrogens is 1840 g/mol. The van der Waals surface area contributed by atoms with Gasteiger partial charge >= 0.3 is 0 Å². The number of aromatic nitrogens is 9. The number of carbonyl (C=O) groups excluding carboxylic acids is 4. The molecule has 0 aliphatic heterocycles. The van der Waals surface area contributed by atoms with Gasteiger partial charge < -0.3 is 25.5 Å². The molecule has 20 aliphatic carbocycles. The summed E-state index contributed by atoms with van der Waals surface area (Å²) in [7, 11) is 0. The van der Waals surface area contributed by atoms with Crippen molar-refractivity contribution in [2.45, 2.75) is 440 Å². The van der Waals surface area contributed by atoms with Gasteiger partial charge in [0.15, 0.2) is 17.3 Å². The van der Waals surface area contributed by atoms with E-state index in [1.807, 2.05) is 13.8 Å². The fraction of sp³-hybridized carbons (Fsp3) is 0.825. The number of halogens is 3. The lowest BCUT2D eigenvalue weighted by atomic mass is 9.48. The fourth-order valence-corrected chi connectivity index (χ4v) is 43.0. The minimum atomic E-state index is -0.434. The number of hydrogen-bond donors (Lipinski definition) is 5. The molecule has 147 heavy (non-hydrogen) atoms. The molecule has 808 valence electrons. The minimum Gasteiger partial charge on any atom is -0.393 e. The first-order valence-electron chi connectivity index (χ1n) is 60.9. The summed E-state index contributed by atoms with van der Waals surface area (Å²) in [6.45, 7) is 28.2. The smallest absolute Gasteiger partial charge is 0.159 e. The average Bonchev–Trinajstić information content (AvgIpc) is 1.66. The largest absolute Gasteiger partial charge is 0.393 e. The number of fused-ring (bicyclic) bond motifs is 28. The molecule has 20 fully saturated rings. The van der Waals surface area contributed by atoms with Gasteiger partial charge in [0.25, 0.3) is 0 Å². The van der Waals surface area contributed by atoms with Gasteiger partial charge in [-0.25, -0.2) is 22.5 Å². The second-order valence-electron chi connectivity index (χ2n) is 56.8. The summed E-state index contributed by atoms with van der Waals surface area (Å²) in [5.74, 6) is 21.5. The predicted octanol–water partition coefficient (Wildman–Crippen LogP) is 26.5. The third kappa shape index (κ3) is 19.2. The monoisotopic (exact) mass is 2020 g/mol. The molecular formula is C126H184F3N9O9. The predicted molar refractivity (Wildman–Crippen MR) is 568 cm³/mol. The van der Waals surface area contributed by atoms with Crippen molar-refractivity contribution in [3.05, 3.63) is 72.0 Å². The first-order valence-corrected chi connectivity index (χ1v) is 60.9. The summed E-state index contributed by atoms with van der Waals surface area (Å²) >= 11 is 0. The van der Waals surface area contributed by atoms with Crippen molar-refractivity contribution in [2.24, 2.45) is 210 Å². The second-order valence-corrected chi connectivity index (χ2v) is 56.8. The van der Waals surface area contributed by atoms with Crippen LogP contribution in [0.4, 0.5) is 13.2 Å². The minimum absolute atomic E-state index is 0.0560. The zero-order chi connectivity index (χ0) is 103. The van der Waals surface area contributed by atoms with Crippen molar-refractivity contribution in [1.29, 1.82) is 0 Å². The van der Waals surface area contributed by atoms with E-state index in [0.717, 1.165) is 240 Å². The van der Waals surface area contributed by atoms with Gasteiger partial charge in [0, 0.05) is 48.8 Å². The van der Waals surface area contributed by atoms with E-state index in [-0.39, 0.29) is 101 Å². The Kier molecular flexibility index (Phi) is 29.2. The first-order chi connectivity index (χ1) is 70.2. The van der Waals surface area contributed by atoms with Crippen LogP contribution in [0.15, 0.2) is 54.6 Å². The molecule has 3 aromatic carbocycles. The molecule has 3 aromatic heterocycles. The Bertz CT molecular complexity index is 5740. The van der Waals surface area contributed by atoms with Gasteiger partial charge in [-0.3, -0.25) is 19.2 Å². The van der Waals surface area contributed by atoms with Crippen molar-refractivity contribution >= 4 is 56.2 Å². The maximum atomic E-state index is 13.8. The summed E-state index contributed by atoms with van der Waals surface area (Å²) in [6.07, 6.45) is 56.6. The molecule has 0 radical (unpaired) electrons. The van der Waals surface area contributed by atoms with Gasteiger partial charge in [-0.2, -0.15) is 15.0 Å². The molecule has 40 atom stereocenters. The second kappa shape index (κ2) is 40.7. The number of aliphatic hydroxyl groups excluding tert-OH is 2. The van der Waals surface area contributed by atoms with E-state index in [1.165, 1.54) is 221 Å². The van der Waals surface area contributed by atoms with E-state index >= 15 is 0 Å². The number of rotatable bonds is 14. The van der Waals surface area contributed by atoms with E-state index in [1.54, 1.807) is 27.6 Å². The SMILES string of the molecule is CC(O)[C@H]1CC[C@H]2[C@@H]3CC[C@H]4CC(=O)CC[C@@H]4[C@H]3CC[C@]12C.CC(O)[C@H]1CC[C@H]2[C@@H]3CC[C@H]4CC(C)(C)CC[C@@H]4[C@H]3CC[C@]12C.CC[C@@]1(O)CC[C@H]2[C@@H](CC[C@@H]3[C@@H]2CC[C@]2(C)[C@@H](C(=O)Cn4nc5ccc(F)cc5n4)CC[C@@H]32)C1.CC[C@@]1(O)CC[C@H]2[C@@H](CC[C@@H]3[C@@H]2CC[C@]2(C)[C@@H](C(=O)Cn4nnc5cc(F)ccc54)CC[C@@H]32)C1.CC[C@@]1(O)CC[C@H]2[C@@H](CC[C@@H]3[C@@H]2CC[C@]2(C)[C@@H](C(=O)Cn4nnc5ccc(F)cc54)CC[C@@H]32)C1. The number of Topliss-reactive ketones (excluding diaryl/α,β-unsaturated/α-hetero) is 4. The van der Waals surface area contributed by atoms with Gasteiger partial charge in [-0.05, 0) is 538 Å². The van der Waals surface area contributed by atoms with Crippen LogP contribution in [0.3, 0.4) is 0 Å². The number of nitrogens with zero attached hydrogens (tertiary/aromatic N) is 9. The summed E-state index contributed by atoms with van der Waals surface area (Å²) in [5, 5.41) is 78.6. The third-order valence-corrected chi connectivity index (χ3v) is 50.3. The van der Waals surface area contributed by atoms with Crippen molar-refractivity contribution < 1.29 is 57.9 Å². The Morgan fingerprint density at radius 2 is 0.673 bits per heavy atom. The lowest BCUT2D eigenvalue weighted by Gasteiger charge is -2.57. The molecule has 0 amide bonds. The average molecular weight is 2030 g/mol. The Morgan fingerprint density at radius 1 is 0.340 bits per heavy atom. The molecule has 18 nitrogen and oxygen atoms in total. The quantitative estimate of drug-likeness (QED) is 0.0679. The van der Waals surface area contributed by atoms with Crippen LogP contribution in [0.1, 0.15) is 391 Å². The Hall–Kier alpha value is -5.87. The third-order valence-electron chi connectivity index (χ3n) is 50.3. The number of carbonyl (C=O) groups is 4. The molecule has 5 N–H and O–H groups in total. The van der Waals surface area contributed by atoms with Crippen LogP contribution in [0.2, 0.25) is 0 Å². The zero-order valence-electron chi connectivity index (χ0n) is 91.8. The zero-order valence-corrected chi connectivity index (χ0v) is 91.8. The standard InChI is InChI=1S/3C28H38FN3O2.C22H38O.C20H32O2/c1-3-28(34)13-11-19-17(15-28)4-6-21-20(19)10-12-27(2)22(21)7-8-23(27)26(33)16-32-25-9-5-18(29)14-24(25)30-31-32;1-3-28(34)13-11-19-17(15-28)4-6-21-20(19)10-12-27(2)22(21)7-8-23(27)26(33)16-32-25-14-18(29)5-9-24(25)30-31-32;1-3-28(34)13-11-19-17(15-28)4-6-21-20(19)10-12-27(2)22(21)7-8-23(27)26(33)16-32-30-24-9-5-18(29)14-25(24)31-32;1-14(23)19-7-8-20-18-6-5-15-13-21(2,3)11-9-16(15)17(18)10-12-22(19,20)4;1-12(21)18-7-8-19-17-5-3-13-11-14(22)4-6-15(13)16(17)9-10-20(18,19)2/h3*5,9,14,17,19-23,34H,3-4,6-8,10-13,15-16H2,1-2H3;14-20,23H,5-13H2,1-4H3;12-13,15-19,21H,3-11H2,1-2H3/t3*17-,19-,20+,21+,22-,23+,27-,28+;14?,15-,16-,17+,18+,19+,20-,22+;12?,13-,15-,16+,17+,18+,19-,20+/m00000/s1. The molecule has 21 heteroatoms. The summed E-state index contributed by atoms with van der Waals surface area (Å²) < 4.78 is 44.1. The highest BCUT2D eigenvalue weighted by Crippen LogP contribution is 2.72. The molecule has 20 saturated carbocycles. The first kappa shape index (κ1) is 105. The Labute approximate surface area is 875 Å². The molecule has 0 saturated heterocycles. The van der Waals surface area contributed by atoms with Crippen LogP contribution in [0, 0.1) is 227 Å². The molecule has 26 rings (SSSR count). The van der Waals surface area contributed by atoms with Crippen LogP contribution in [0.5, 0.6) is 0 Å². The molecule has 2 unspecified atom stereocenters. The Balaban J connectivity index is 0.000000106. The van der Waals surface area contributed by atoms with Gasteiger partial charge in [-0.15, -0.1) is 10.2 Å². The van der Waals surface area contributed by atoms with Gasteiger partial charge in [-0.1, -0.05) is 79.7 Å². The number of ketones is 4. The molecule has 6 aromatic rings. The number of benzene rings is 3. The highest BCUT2D eigenvalue weighted by molar-refractivity contribution is 5.86. The van der Waals surface area contributed by atoms with E-state index < -0.39 is 16.8 Å². The summed E-state index contributed by atoms with van der Waals surface area (Å²) in [6, 6.07) is 13.3. The highest BCUT2D eigenvalue weighted by atomic mass is 19.1. The van der Waals surface area contributed by atoms with Crippen molar-refractivity contribution in [3.63, 3.8) is 0 Å². The van der Waals surface area contributed by atoms with Gasteiger partial charge in [0.1, 0.15) is 64.9 Å². The number of aliphatic hydroxyl groups is 5.